The second-order valence-corrected chi connectivity index (χ2v) is 8.16. The molecule has 2 aliphatic rings. The molecule has 0 saturated carbocycles. The third-order valence-corrected chi connectivity index (χ3v) is 6.19. The molecule has 3 aromatic rings. The first kappa shape index (κ1) is 18.2. The first-order valence-electron chi connectivity index (χ1n) is 10.1. The topological polar surface area (TPSA) is 65.1 Å². The molecule has 7 heteroatoms. The number of aromatic nitrogens is 3. The lowest BCUT2D eigenvalue weighted by atomic mass is 10.1. The lowest BCUT2D eigenvalue weighted by molar-refractivity contribution is 0.0723. The van der Waals surface area contributed by atoms with E-state index in [1.165, 1.54) is 17.7 Å². The van der Waals surface area contributed by atoms with E-state index in [9.17, 15) is 9.18 Å². The average molecular weight is 393 g/mol. The Labute approximate surface area is 168 Å². The molecule has 2 aliphatic heterocycles. The summed E-state index contributed by atoms with van der Waals surface area (Å²) in [6, 6.07) is 4.45. The van der Waals surface area contributed by atoms with Gasteiger partial charge >= 0.3 is 0 Å². The Balaban J connectivity index is 1.47. The summed E-state index contributed by atoms with van der Waals surface area (Å²) in [5, 5.41) is 0.748. The number of aromatic amines is 1. The summed E-state index contributed by atoms with van der Waals surface area (Å²) < 4.78 is 13.6. The molecule has 4 heterocycles. The van der Waals surface area contributed by atoms with Crippen molar-refractivity contribution in [2.75, 3.05) is 20.1 Å². The second-order valence-electron chi connectivity index (χ2n) is 8.16. The molecule has 1 N–H and O–H groups in total. The summed E-state index contributed by atoms with van der Waals surface area (Å²) in [7, 11) is 2.10. The number of nitrogens with zero attached hydrogens (tertiary/aromatic N) is 4. The normalized spacial score (nSPS) is 19.7. The Kier molecular flexibility index (Phi) is 4.35. The van der Waals surface area contributed by atoms with Gasteiger partial charge in [-0.2, -0.15) is 0 Å². The number of likely N-dealkylation sites (N-methyl/N-ethyl adjacent to an activating group) is 1. The minimum Gasteiger partial charge on any atom is -0.350 e. The van der Waals surface area contributed by atoms with Crippen LogP contribution in [0.4, 0.5) is 4.39 Å². The van der Waals surface area contributed by atoms with Crippen LogP contribution in [0.1, 0.15) is 52.0 Å². The van der Waals surface area contributed by atoms with Crippen LogP contribution in [-0.2, 0) is 13.0 Å². The summed E-state index contributed by atoms with van der Waals surface area (Å²) >= 11 is 0. The fourth-order valence-corrected chi connectivity index (χ4v) is 4.57. The van der Waals surface area contributed by atoms with Crippen LogP contribution in [0.15, 0.2) is 24.4 Å². The molecule has 29 heavy (non-hydrogen) atoms. The number of fused-ring (bicyclic) bond motifs is 2. The highest BCUT2D eigenvalue weighted by Gasteiger charge is 2.34. The van der Waals surface area contributed by atoms with E-state index in [2.05, 4.69) is 21.9 Å². The number of likely N-dealkylation sites (tertiary alicyclic amines) is 1. The molecule has 0 aliphatic carbocycles. The minimum absolute atomic E-state index is 0.0670. The van der Waals surface area contributed by atoms with Crippen LogP contribution in [0.3, 0.4) is 0 Å². The van der Waals surface area contributed by atoms with E-state index in [1.807, 2.05) is 18.0 Å². The molecule has 0 spiro atoms. The zero-order chi connectivity index (χ0) is 20.1. The van der Waals surface area contributed by atoms with Crippen molar-refractivity contribution in [3.8, 4) is 0 Å². The Bertz CT molecular complexity index is 1110. The van der Waals surface area contributed by atoms with Crippen molar-refractivity contribution in [1.82, 2.24) is 24.8 Å². The predicted octanol–water partition coefficient (Wildman–Crippen LogP) is 3.37. The summed E-state index contributed by atoms with van der Waals surface area (Å²) in [4.78, 5) is 30.2. The van der Waals surface area contributed by atoms with Gasteiger partial charge in [0.15, 0.2) is 5.82 Å². The van der Waals surface area contributed by atoms with Crippen LogP contribution in [0.5, 0.6) is 0 Å². The molecule has 1 aromatic carbocycles. The quantitative estimate of drug-likeness (QED) is 0.725. The fraction of sp³-hybridized carbons (Fsp3) is 0.409. The zero-order valence-electron chi connectivity index (χ0n) is 16.7. The molecular weight excluding hydrogens is 369 g/mol. The van der Waals surface area contributed by atoms with Crippen LogP contribution in [-0.4, -0.2) is 50.8 Å². The average Bonchev–Trinajstić information content (AvgIpc) is 3.32. The number of H-pyrrole nitrogens is 1. The number of rotatable bonds is 2. The summed E-state index contributed by atoms with van der Waals surface area (Å²) in [6.45, 7) is 4.40. The van der Waals surface area contributed by atoms with Gasteiger partial charge in [-0.05, 0) is 50.6 Å². The molecule has 0 radical (unpaired) electrons. The van der Waals surface area contributed by atoms with Crippen molar-refractivity contribution in [3.05, 3.63) is 58.6 Å². The molecule has 1 fully saturated rings. The van der Waals surface area contributed by atoms with E-state index in [4.69, 9.17) is 4.98 Å². The maximum atomic E-state index is 13.6. The maximum absolute atomic E-state index is 13.6. The van der Waals surface area contributed by atoms with Gasteiger partial charge in [-0.15, -0.1) is 0 Å². The number of hydrogen-bond donors (Lipinski definition) is 1. The van der Waals surface area contributed by atoms with Gasteiger partial charge in [0, 0.05) is 54.4 Å². The smallest absolute Gasteiger partial charge is 0.271 e. The molecule has 150 valence electrons. The molecule has 5 rings (SSSR count). The largest absolute Gasteiger partial charge is 0.350 e. The first-order chi connectivity index (χ1) is 14.0. The predicted molar refractivity (Wildman–Crippen MR) is 108 cm³/mol. The molecule has 0 bridgehead atoms. The Hall–Kier alpha value is -2.80. The molecule has 1 atom stereocenters. The van der Waals surface area contributed by atoms with Crippen molar-refractivity contribution in [1.29, 1.82) is 0 Å². The second kappa shape index (κ2) is 6.91. The van der Waals surface area contributed by atoms with Crippen LogP contribution in [0.2, 0.25) is 0 Å². The highest BCUT2D eigenvalue weighted by atomic mass is 19.1. The molecule has 1 saturated heterocycles. The zero-order valence-corrected chi connectivity index (χ0v) is 16.7. The molecule has 1 amide bonds. The Morgan fingerprint density at radius 3 is 3.03 bits per heavy atom. The molecule has 2 aromatic heterocycles. The molecule has 1 unspecified atom stereocenters. The van der Waals surface area contributed by atoms with Gasteiger partial charge < -0.3 is 14.8 Å². The number of aryl methyl sites for hydroxylation is 1. The van der Waals surface area contributed by atoms with Crippen molar-refractivity contribution in [2.24, 2.45) is 0 Å². The van der Waals surface area contributed by atoms with Crippen LogP contribution in [0, 0.1) is 12.7 Å². The number of amides is 1. The Morgan fingerprint density at radius 1 is 1.31 bits per heavy atom. The summed E-state index contributed by atoms with van der Waals surface area (Å²) in [6.07, 6.45) is 4.62. The highest BCUT2D eigenvalue weighted by molar-refractivity contribution is 6.01. The number of halogens is 1. The van der Waals surface area contributed by atoms with E-state index in [0.717, 1.165) is 60.3 Å². The van der Waals surface area contributed by atoms with Gasteiger partial charge in [0.05, 0.1) is 6.04 Å². The van der Waals surface area contributed by atoms with Crippen LogP contribution >= 0.6 is 0 Å². The van der Waals surface area contributed by atoms with Crippen molar-refractivity contribution in [3.63, 3.8) is 0 Å². The van der Waals surface area contributed by atoms with Crippen molar-refractivity contribution < 1.29 is 9.18 Å². The summed E-state index contributed by atoms with van der Waals surface area (Å²) in [5.41, 5.74) is 4.36. The maximum Gasteiger partial charge on any atom is 0.271 e. The van der Waals surface area contributed by atoms with Gasteiger partial charge in [-0.3, -0.25) is 4.79 Å². The van der Waals surface area contributed by atoms with Gasteiger partial charge in [0.2, 0.25) is 0 Å². The lowest BCUT2D eigenvalue weighted by Crippen LogP contribution is -2.33. The van der Waals surface area contributed by atoms with Gasteiger partial charge in [-0.1, -0.05) is 0 Å². The number of carbonyl (C=O) groups excluding carboxylic acids is 1. The van der Waals surface area contributed by atoms with Crippen LogP contribution in [0.25, 0.3) is 10.9 Å². The molecule has 6 nitrogen and oxygen atoms in total. The fourth-order valence-electron chi connectivity index (χ4n) is 4.57. The number of benzene rings is 1. The molecular formula is C22H24FN5O. The third kappa shape index (κ3) is 3.09. The van der Waals surface area contributed by atoms with Crippen molar-refractivity contribution in [2.45, 2.75) is 38.8 Å². The van der Waals surface area contributed by atoms with Gasteiger partial charge in [0.1, 0.15) is 11.5 Å². The SMILES string of the molecule is Cc1c(C(=O)N2CCCC2c2ncc3c(n2)CCN(C)C3)[nH]c2ccc(F)cc12. The minimum atomic E-state index is -0.300. The van der Waals surface area contributed by atoms with E-state index in [1.54, 1.807) is 6.07 Å². The van der Waals surface area contributed by atoms with E-state index in [0.29, 0.717) is 12.2 Å². The van der Waals surface area contributed by atoms with E-state index in [-0.39, 0.29) is 17.8 Å². The standard InChI is InChI=1S/C22H24FN5O/c1-13-16-10-15(23)5-6-18(16)25-20(13)22(29)28-8-3-4-19(28)21-24-11-14-12-27(2)9-7-17(14)26-21/h5-6,10-11,19,25H,3-4,7-9,12H2,1-2H3. The number of carbonyl (C=O) groups is 1. The van der Waals surface area contributed by atoms with Gasteiger partial charge in [0.25, 0.3) is 5.91 Å². The van der Waals surface area contributed by atoms with E-state index < -0.39 is 0 Å². The number of hydrogen-bond acceptors (Lipinski definition) is 4. The summed E-state index contributed by atoms with van der Waals surface area (Å²) in [5.74, 6) is 0.368. The van der Waals surface area contributed by atoms with Gasteiger partial charge in [-0.25, -0.2) is 14.4 Å². The van der Waals surface area contributed by atoms with E-state index >= 15 is 0 Å². The highest BCUT2D eigenvalue weighted by Crippen LogP contribution is 2.33. The Morgan fingerprint density at radius 2 is 2.17 bits per heavy atom. The third-order valence-electron chi connectivity index (χ3n) is 6.19. The number of nitrogens with one attached hydrogen (secondary N) is 1. The lowest BCUT2D eigenvalue weighted by Gasteiger charge is -2.27. The van der Waals surface area contributed by atoms with Crippen LogP contribution < -0.4 is 0 Å². The first-order valence-corrected chi connectivity index (χ1v) is 10.1. The van der Waals surface area contributed by atoms with Crippen molar-refractivity contribution >= 4 is 16.8 Å². The monoisotopic (exact) mass is 393 g/mol.